The van der Waals surface area contributed by atoms with Crippen LogP contribution in [-0.2, 0) is 6.42 Å². The summed E-state index contributed by atoms with van der Waals surface area (Å²) in [5.41, 5.74) is 20.0. The summed E-state index contributed by atoms with van der Waals surface area (Å²) in [7, 11) is 0. The zero-order chi connectivity index (χ0) is 36.4. The van der Waals surface area contributed by atoms with Gasteiger partial charge in [0.25, 0.3) is 0 Å². The Morgan fingerprint density at radius 3 is 1.76 bits per heavy atom. The smallest absolute Gasteiger partial charge is 0.170 e. The maximum absolute atomic E-state index is 6.41. The van der Waals surface area contributed by atoms with E-state index in [2.05, 4.69) is 144 Å². The number of aliphatic imine (C=N–C) groups is 2. The third-order valence-corrected chi connectivity index (χ3v) is 10.0. The van der Waals surface area contributed by atoms with Crippen LogP contribution in [0.15, 0.2) is 186 Å². The van der Waals surface area contributed by atoms with Gasteiger partial charge >= 0.3 is 0 Å². The fourth-order valence-corrected chi connectivity index (χ4v) is 7.33. The monoisotopic (exact) mass is 698 g/mol. The summed E-state index contributed by atoms with van der Waals surface area (Å²) in [6, 6.07) is 60.8. The molecule has 9 rings (SSSR count). The number of amidine groups is 2. The summed E-state index contributed by atoms with van der Waals surface area (Å²) < 4.78 is 2.25. The topological polar surface area (TPSA) is 80.6 Å². The Morgan fingerprint density at radius 1 is 0.537 bits per heavy atom. The first kappa shape index (κ1) is 32.8. The van der Waals surface area contributed by atoms with Crippen molar-refractivity contribution in [2.24, 2.45) is 9.98 Å². The number of nitrogens with one attached hydrogen (secondary N) is 1. The van der Waals surface area contributed by atoms with E-state index in [1.807, 2.05) is 48.5 Å². The Balaban J connectivity index is 1.06. The molecular formula is C48H38N6. The number of benzene rings is 7. The maximum atomic E-state index is 6.41. The molecule has 1 aromatic heterocycles. The minimum absolute atomic E-state index is 0.426. The Bertz CT molecular complexity index is 2600. The van der Waals surface area contributed by atoms with Crippen molar-refractivity contribution >= 4 is 28.4 Å². The largest absolute Gasteiger partial charge is 0.399 e. The number of nitrogen functional groups attached to an aromatic ring is 1. The number of nitrogens with zero attached hydrogens (tertiary/aromatic N) is 4. The van der Waals surface area contributed by atoms with Crippen LogP contribution in [0.3, 0.4) is 0 Å². The number of rotatable bonds is 8. The average Bonchev–Trinajstić information content (AvgIpc) is 3.63. The zero-order valence-electron chi connectivity index (χ0n) is 29.9. The van der Waals surface area contributed by atoms with Crippen molar-refractivity contribution in [3.8, 4) is 39.1 Å². The third-order valence-electron chi connectivity index (χ3n) is 10.0. The second-order valence-corrected chi connectivity index (χ2v) is 13.4. The Hall–Kier alpha value is -7.05. The van der Waals surface area contributed by atoms with Crippen molar-refractivity contribution in [1.82, 2.24) is 14.9 Å². The molecule has 1 aliphatic heterocycles. The molecule has 0 atom stereocenters. The van der Waals surface area contributed by atoms with Gasteiger partial charge in [-0.25, -0.2) is 15.0 Å². The molecule has 8 aromatic rings. The molecule has 0 fully saturated rings. The van der Waals surface area contributed by atoms with Gasteiger partial charge in [0.1, 0.15) is 17.5 Å². The number of aryl methyl sites for hydroxylation is 1. The summed E-state index contributed by atoms with van der Waals surface area (Å²) in [5, 5.41) is 3.50. The highest BCUT2D eigenvalue weighted by molar-refractivity contribution is 6.16. The Morgan fingerprint density at radius 2 is 1.09 bits per heavy atom. The highest BCUT2D eigenvalue weighted by atomic mass is 15.2. The van der Waals surface area contributed by atoms with Crippen LogP contribution >= 0.6 is 0 Å². The lowest BCUT2D eigenvalue weighted by molar-refractivity contribution is 0.757. The standard InChI is InChI=1S/C48H38N6/c1-2-45-50-43-19-11-12-20-44(43)54(45)38-28-25-33(26-29-38)40-30-27-37(49)31-42(40)34-23-21-32(22-24-34)39-17-9-10-18-41(39)48-52-46(35-13-5-3-6-14-35)51-47(53-48)36-15-7-4-8-16-36/h3-31,48H,2,49H2,1H3,(H,51,52,53). The molecule has 0 saturated carbocycles. The van der Waals surface area contributed by atoms with Crippen molar-refractivity contribution < 1.29 is 0 Å². The second-order valence-electron chi connectivity index (χ2n) is 13.4. The van der Waals surface area contributed by atoms with Crippen molar-refractivity contribution in [1.29, 1.82) is 0 Å². The van der Waals surface area contributed by atoms with Gasteiger partial charge in [0.05, 0.1) is 11.0 Å². The first-order valence-corrected chi connectivity index (χ1v) is 18.3. The summed E-state index contributed by atoms with van der Waals surface area (Å²) in [4.78, 5) is 15.2. The van der Waals surface area contributed by atoms with Gasteiger partial charge < -0.3 is 11.1 Å². The predicted molar refractivity (Wildman–Crippen MR) is 223 cm³/mol. The van der Waals surface area contributed by atoms with E-state index in [4.69, 9.17) is 20.7 Å². The molecule has 6 nitrogen and oxygen atoms in total. The molecule has 1 aliphatic rings. The van der Waals surface area contributed by atoms with Crippen LogP contribution in [0.4, 0.5) is 5.69 Å². The van der Waals surface area contributed by atoms with Gasteiger partial charge in [0.15, 0.2) is 6.17 Å². The molecule has 260 valence electrons. The minimum Gasteiger partial charge on any atom is -0.399 e. The zero-order valence-corrected chi connectivity index (χ0v) is 29.9. The molecule has 6 heteroatoms. The molecule has 3 N–H and O–H groups in total. The number of hydrogen-bond acceptors (Lipinski definition) is 5. The Labute approximate surface area is 315 Å². The molecule has 0 radical (unpaired) electrons. The maximum Gasteiger partial charge on any atom is 0.170 e. The van der Waals surface area contributed by atoms with Crippen molar-refractivity contribution in [2.75, 3.05) is 5.73 Å². The van der Waals surface area contributed by atoms with Gasteiger partial charge in [0, 0.05) is 34.5 Å². The van der Waals surface area contributed by atoms with E-state index in [9.17, 15) is 0 Å². The molecule has 0 amide bonds. The molecule has 0 aliphatic carbocycles. The second kappa shape index (κ2) is 14.2. The van der Waals surface area contributed by atoms with Crippen molar-refractivity contribution in [3.05, 3.63) is 198 Å². The van der Waals surface area contributed by atoms with E-state index in [-0.39, 0.29) is 0 Å². The van der Waals surface area contributed by atoms with E-state index < -0.39 is 6.17 Å². The van der Waals surface area contributed by atoms with Crippen LogP contribution in [0.2, 0.25) is 0 Å². The fourth-order valence-electron chi connectivity index (χ4n) is 7.33. The number of imidazole rings is 1. The van der Waals surface area contributed by atoms with Gasteiger partial charge in [-0.15, -0.1) is 0 Å². The Kier molecular flexibility index (Phi) is 8.61. The quantitative estimate of drug-likeness (QED) is 0.155. The van der Waals surface area contributed by atoms with E-state index >= 15 is 0 Å². The van der Waals surface area contributed by atoms with Gasteiger partial charge in [-0.1, -0.05) is 146 Å². The SMILES string of the molecule is CCc1nc2ccccc2n1-c1ccc(-c2ccc(N)cc2-c2ccc(-c3ccccc3C3N=C(c4ccccc4)NC(c4ccccc4)=N3)cc2)cc1. The van der Waals surface area contributed by atoms with Gasteiger partial charge in [-0.2, -0.15) is 0 Å². The van der Waals surface area contributed by atoms with Crippen molar-refractivity contribution in [3.63, 3.8) is 0 Å². The van der Waals surface area contributed by atoms with Crippen LogP contribution in [0.25, 0.3) is 50.1 Å². The molecule has 54 heavy (non-hydrogen) atoms. The van der Waals surface area contributed by atoms with Crippen LogP contribution in [-0.4, -0.2) is 21.2 Å². The predicted octanol–water partition coefficient (Wildman–Crippen LogP) is 10.7. The lowest BCUT2D eigenvalue weighted by Gasteiger charge is -2.24. The first-order chi connectivity index (χ1) is 26.6. The lowest BCUT2D eigenvalue weighted by atomic mass is 9.91. The number of para-hydroxylation sites is 2. The molecule has 2 heterocycles. The molecule has 0 spiro atoms. The van der Waals surface area contributed by atoms with E-state index in [1.54, 1.807) is 0 Å². The normalized spacial score (nSPS) is 13.0. The molecule has 0 unspecified atom stereocenters. The summed E-state index contributed by atoms with van der Waals surface area (Å²) in [6.45, 7) is 2.15. The van der Waals surface area contributed by atoms with Crippen LogP contribution < -0.4 is 11.1 Å². The van der Waals surface area contributed by atoms with Gasteiger partial charge in [0.2, 0.25) is 0 Å². The number of hydrogen-bond donors (Lipinski definition) is 2. The van der Waals surface area contributed by atoms with Crippen molar-refractivity contribution in [2.45, 2.75) is 19.5 Å². The number of nitrogens with two attached hydrogens (primary N) is 1. The number of fused-ring (bicyclic) bond motifs is 1. The number of anilines is 1. The number of aromatic nitrogens is 2. The summed E-state index contributed by atoms with van der Waals surface area (Å²) in [6.07, 6.45) is 0.422. The summed E-state index contributed by atoms with van der Waals surface area (Å²) in [5.74, 6) is 2.64. The van der Waals surface area contributed by atoms with E-state index in [0.717, 1.165) is 96.4 Å². The third kappa shape index (κ3) is 6.24. The van der Waals surface area contributed by atoms with Gasteiger partial charge in [-0.05, 0) is 69.8 Å². The highest BCUT2D eigenvalue weighted by Crippen LogP contribution is 2.38. The van der Waals surface area contributed by atoms with E-state index in [1.165, 1.54) is 0 Å². The minimum atomic E-state index is -0.426. The molecule has 0 saturated heterocycles. The molecule has 7 aromatic carbocycles. The van der Waals surface area contributed by atoms with Crippen LogP contribution in [0.1, 0.15) is 35.6 Å². The summed E-state index contributed by atoms with van der Waals surface area (Å²) >= 11 is 0. The first-order valence-electron chi connectivity index (χ1n) is 18.3. The lowest BCUT2D eigenvalue weighted by Crippen LogP contribution is -2.36. The highest BCUT2D eigenvalue weighted by Gasteiger charge is 2.23. The molecule has 0 bridgehead atoms. The van der Waals surface area contributed by atoms with E-state index in [0.29, 0.717) is 0 Å². The fraction of sp³-hybridized carbons (Fsp3) is 0.0625. The van der Waals surface area contributed by atoms with Crippen LogP contribution in [0, 0.1) is 0 Å². The average molecular weight is 699 g/mol. The van der Waals surface area contributed by atoms with Gasteiger partial charge in [-0.3, -0.25) is 4.57 Å². The van der Waals surface area contributed by atoms with Crippen LogP contribution in [0.5, 0.6) is 0 Å². The molecular weight excluding hydrogens is 661 g/mol.